The summed E-state index contributed by atoms with van der Waals surface area (Å²) in [5, 5.41) is 15.4. The van der Waals surface area contributed by atoms with Crippen LogP contribution in [0.2, 0.25) is 0 Å². The number of fused-ring (bicyclic) bond motifs is 1. The second-order valence-electron chi connectivity index (χ2n) is 6.93. The first-order valence-electron chi connectivity index (χ1n) is 9.45. The van der Waals surface area contributed by atoms with Gasteiger partial charge in [-0.2, -0.15) is 4.98 Å². The van der Waals surface area contributed by atoms with E-state index in [9.17, 15) is 4.79 Å². The molecular weight excluding hydrogens is 368 g/mol. The van der Waals surface area contributed by atoms with Crippen molar-refractivity contribution >= 4 is 17.6 Å². The number of benzene rings is 1. The Kier molecular flexibility index (Phi) is 4.36. The zero-order chi connectivity index (χ0) is 19.6. The Hall–Kier alpha value is -3.81. The Morgan fingerprint density at radius 3 is 2.86 bits per heavy atom. The smallest absolute Gasteiger partial charge is 0.261 e. The maximum Gasteiger partial charge on any atom is 0.261 e. The number of amides is 1. The quantitative estimate of drug-likeness (QED) is 0.512. The highest BCUT2D eigenvalue weighted by Gasteiger charge is 2.29. The summed E-state index contributed by atoms with van der Waals surface area (Å²) >= 11 is 0. The van der Waals surface area contributed by atoms with Gasteiger partial charge in [0, 0.05) is 18.2 Å². The van der Waals surface area contributed by atoms with Gasteiger partial charge in [-0.25, -0.2) is 0 Å². The number of carbonyl (C=O) groups is 1. The van der Waals surface area contributed by atoms with E-state index in [1.54, 1.807) is 6.08 Å². The van der Waals surface area contributed by atoms with Gasteiger partial charge in [-0.15, -0.1) is 10.2 Å². The van der Waals surface area contributed by atoms with Gasteiger partial charge in [0.05, 0.1) is 12.1 Å². The summed E-state index contributed by atoms with van der Waals surface area (Å²) in [6.07, 6.45) is 7.33. The lowest BCUT2D eigenvalue weighted by molar-refractivity contribution is -0.116. The highest BCUT2D eigenvalue weighted by molar-refractivity contribution is 5.91. The van der Waals surface area contributed by atoms with E-state index in [1.165, 1.54) is 6.08 Å². The fourth-order valence-electron chi connectivity index (χ4n) is 3.06. The number of nitrogens with zero attached hydrogens (tertiary/aromatic N) is 5. The highest BCUT2D eigenvalue weighted by atomic mass is 16.5. The van der Waals surface area contributed by atoms with Crippen LogP contribution in [-0.2, 0) is 11.3 Å². The molecule has 8 nitrogen and oxygen atoms in total. The zero-order valence-corrected chi connectivity index (χ0v) is 15.5. The minimum atomic E-state index is -0.201. The topological polar surface area (TPSA) is 98.2 Å². The molecule has 1 N–H and O–H groups in total. The van der Waals surface area contributed by atoms with Gasteiger partial charge in [-0.1, -0.05) is 35.5 Å². The first-order chi connectivity index (χ1) is 14.3. The van der Waals surface area contributed by atoms with Crippen molar-refractivity contribution < 1.29 is 9.32 Å². The van der Waals surface area contributed by atoms with E-state index in [4.69, 9.17) is 4.52 Å². The molecule has 0 bridgehead atoms. The van der Waals surface area contributed by atoms with E-state index in [2.05, 4.69) is 25.7 Å². The van der Waals surface area contributed by atoms with Gasteiger partial charge in [0.15, 0.2) is 17.3 Å². The van der Waals surface area contributed by atoms with Crippen molar-refractivity contribution in [3.05, 3.63) is 71.9 Å². The molecule has 3 heterocycles. The molecule has 0 radical (unpaired) electrons. The van der Waals surface area contributed by atoms with E-state index < -0.39 is 0 Å². The van der Waals surface area contributed by atoms with Crippen molar-refractivity contribution in [1.29, 1.82) is 0 Å². The van der Waals surface area contributed by atoms with Crippen LogP contribution in [-0.4, -0.2) is 30.6 Å². The molecule has 1 amide bonds. The minimum Gasteiger partial charge on any atom is -0.345 e. The minimum absolute atomic E-state index is 0.201. The number of hydrogen-bond acceptors (Lipinski definition) is 6. The summed E-state index contributed by atoms with van der Waals surface area (Å²) in [5.74, 6) is 2.02. The standard InChI is InChI=1S/C21H18N6O2/c28-18(11-8-14-5-2-1-3-6-14)22-13-17-24-25-20-16(7-4-12-27(17)20)21-23-19(26-29-21)15-9-10-15/h1-8,11-12,15H,9-10,13H2,(H,22,28). The predicted octanol–water partition coefficient (Wildman–Crippen LogP) is 2.99. The molecule has 3 aromatic heterocycles. The number of pyridine rings is 1. The molecule has 0 spiro atoms. The monoisotopic (exact) mass is 386 g/mol. The lowest BCUT2D eigenvalue weighted by Gasteiger charge is -2.02. The van der Waals surface area contributed by atoms with Crippen LogP contribution in [0.25, 0.3) is 23.2 Å². The van der Waals surface area contributed by atoms with Crippen molar-refractivity contribution in [2.75, 3.05) is 0 Å². The summed E-state index contributed by atoms with van der Waals surface area (Å²) in [6.45, 7) is 0.250. The van der Waals surface area contributed by atoms with Crippen molar-refractivity contribution in [2.45, 2.75) is 25.3 Å². The van der Waals surface area contributed by atoms with Crippen LogP contribution in [0.3, 0.4) is 0 Å². The Morgan fingerprint density at radius 1 is 1.17 bits per heavy atom. The second-order valence-corrected chi connectivity index (χ2v) is 6.93. The Bertz CT molecular complexity index is 1190. The molecule has 4 aromatic rings. The van der Waals surface area contributed by atoms with E-state index in [0.29, 0.717) is 23.3 Å². The maximum atomic E-state index is 12.1. The number of rotatable bonds is 6. The third kappa shape index (κ3) is 3.64. The van der Waals surface area contributed by atoms with Crippen LogP contribution in [0, 0.1) is 0 Å². The third-order valence-electron chi connectivity index (χ3n) is 4.77. The van der Waals surface area contributed by atoms with Gasteiger partial charge in [0.1, 0.15) is 0 Å². The predicted molar refractivity (Wildman–Crippen MR) is 106 cm³/mol. The number of nitrogens with one attached hydrogen (secondary N) is 1. The lowest BCUT2D eigenvalue weighted by atomic mass is 10.2. The molecule has 1 aliphatic rings. The molecular formula is C21H18N6O2. The second kappa shape index (κ2) is 7.31. The molecule has 0 atom stereocenters. The van der Waals surface area contributed by atoms with Crippen LogP contribution in [0.5, 0.6) is 0 Å². The molecule has 5 rings (SSSR count). The number of hydrogen-bond donors (Lipinski definition) is 1. The summed E-state index contributed by atoms with van der Waals surface area (Å²) < 4.78 is 7.24. The summed E-state index contributed by atoms with van der Waals surface area (Å²) in [4.78, 5) is 16.6. The normalized spacial score (nSPS) is 13.9. The summed E-state index contributed by atoms with van der Waals surface area (Å²) in [7, 11) is 0. The molecule has 1 saturated carbocycles. The van der Waals surface area contributed by atoms with Gasteiger partial charge < -0.3 is 9.84 Å². The molecule has 1 fully saturated rings. The van der Waals surface area contributed by atoms with Crippen molar-refractivity contribution in [1.82, 2.24) is 30.1 Å². The van der Waals surface area contributed by atoms with E-state index >= 15 is 0 Å². The van der Waals surface area contributed by atoms with Crippen molar-refractivity contribution in [3.8, 4) is 11.5 Å². The largest absolute Gasteiger partial charge is 0.345 e. The zero-order valence-electron chi connectivity index (χ0n) is 15.5. The Balaban J connectivity index is 1.32. The third-order valence-corrected chi connectivity index (χ3v) is 4.77. The van der Waals surface area contributed by atoms with Gasteiger partial charge in [0.2, 0.25) is 5.91 Å². The summed E-state index contributed by atoms with van der Waals surface area (Å²) in [5.41, 5.74) is 2.30. The SMILES string of the molecule is O=C(C=Cc1ccccc1)NCc1nnc2c(-c3nc(C4CC4)no3)cccn12. The van der Waals surface area contributed by atoms with Crippen LogP contribution in [0.15, 0.2) is 59.3 Å². The molecule has 0 saturated heterocycles. The fraction of sp³-hybridized carbons (Fsp3) is 0.190. The molecule has 0 unspecified atom stereocenters. The van der Waals surface area contributed by atoms with E-state index in [0.717, 1.165) is 29.8 Å². The average Bonchev–Trinajstić information content (AvgIpc) is 3.34. The molecule has 8 heteroatoms. The van der Waals surface area contributed by atoms with Gasteiger partial charge in [-0.05, 0) is 36.6 Å². The van der Waals surface area contributed by atoms with Crippen LogP contribution < -0.4 is 5.32 Å². The van der Waals surface area contributed by atoms with Crippen LogP contribution in [0.4, 0.5) is 0 Å². The van der Waals surface area contributed by atoms with Gasteiger partial charge in [-0.3, -0.25) is 9.20 Å². The van der Waals surface area contributed by atoms with E-state index in [1.807, 2.05) is 53.1 Å². The van der Waals surface area contributed by atoms with Gasteiger partial charge >= 0.3 is 0 Å². The molecule has 0 aliphatic heterocycles. The number of aromatic nitrogens is 5. The highest BCUT2D eigenvalue weighted by Crippen LogP contribution is 2.39. The lowest BCUT2D eigenvalue weighted by Crippen LogP contribution is -2.21. The van der Waals surface area contributed by atoms with Gasteiger partial charge in [0.25, 0.3) is 5.89 Å². The first-order valence-corrected chi connectivity index (χ1v) is 9.45. The summed E-state index contributed by atoms with van der Waals surface area (Å²) in [6, 6.07) is 13.4. The Labute approximate surface area is 166 Å². The molecule has 29 heavy (non-hydrogen) atoms. The molecule has 144 valence electrons. The average molecular weight is 386 g/mol. The van der Waals surface area contributed by atoms with Crippen LogP contribution in [0.1, 0.15) is 36.0 Å². The number of carbonyl (C=O) groups excluding carboxylic acids is 1. The Morgan fingerprint density at radius 2 is 2.03 bits per heavy atom. The fourth-order valence-corrected chi connectivity index (χ4v) is 3.06. The molecule has 1 aliphatic carbocycles. The molecule has 1 aromatic carbocycles. The maximum absolute atomic E-state index is 12.1. The first kappa shape index (κ1) is 17.3. The van der Waals surface area contributed by atoms with Crippen molar-refractivity contribution in [2.24, 2.45) is 0 Å². The van der Waals surface area contributed by atoms with E-state index in [-0.39, 0.29) is 12.5 Å². The van der Waals surface area contributed by atoms with Crippen LogP contribution >= 0.6 is 0 Å². The van der Waals surface area contributed by atoms with Crippen molar-refractivity contribution in [3.63, 3.8) is 0 Å².